The minimum atomic E-state index is 0.512. The van der Waals surface area contributed by atoms with Gasteiger partial charge in [0.15, 0.2) is 0 Å². The zero-order valence-electron chi connectivity index (χ0n) is 11.3. The summed E-state index contributed by atoms with van der Waals surface area (Å²) in [5, 5.41) is 9.29. The predicted octanol–water partition coefficient (Wildman–Crippen LogP) is 4.18. The summed E-state index contributed by atoms with van der Waals surface area (Å²) in [4.78, 5) is 7.59. The normalized spacial score (nSPS) is 11.9. The molecular formula is C18H13N3. The number of nitrogens with zero attached hydrogens (tertiary/aromatic N) is 2. The van der Waals surface area contributed by atoms with E-state index in [2.05, 4.69) is 16.0 Å². The van der Waals surface area contributed by atoms with Crippen molar-refractivity contribution in [2.24, 2.45) is 0 Å². The molecule has 0 bridgehead atoms. The maximum atomic E-state index is 9.29. The van der Waals surface area contributed by atoms with Gasteiger partial charge in [-0.15, -0.1) is 0 Å². The van der Waals surface area contributed by atoms with Crippen molar-refractivity contribution in [2.75, 3.05) is 0 Å². The first-order valence-corrected chi connectivity index (χ1v) is 6.65. The Morgan fingerprint density at radius 3 is 2.57 bits per heavy atom. The third-order valence-electron chi connectivity index (χ3n) is 3.12. The van der Waals surface area contributed by atoms with Gasteiger partial charge in [0.1, 0.15) is 11.9 Å². The van der Waals surface area contributed by atoms with Crippen molar-refractivity contribution in [3.63, 3.8) is 0 Å². The fraction of sp³-hybridized carbons (Fsp3) is 0. The molecular weight excluding hydrogens is 258 g/mol. The first kappa shape index (κ1) is 12.9. The van der Waals surface area contributed by atoms with Crippen LogP contribution >= 0.6 is 0 Å². The summed E-state index contributed by atoms with van der Waals surface area (Å²) in [6.45, 7) is 0. The molecule has 0 saturated heterocycles. The minimum Gasteiger partial charge on any atom is -0.337 e. The zero-order valence-corrected chi connectivity index (χ0v) is 11.3. The lowest BCUT2D eigenvalue weighted by molar-refractivity contribution is 1.27. The Kier molecular flexibility index (Phi) is 3.62. The van der Waals surface area contributed by atoms with E-state index in [1.165, 1.54) is 0 Å². The Bertz CT molecular complexity index is 816. The van der Waals surface area contributed by atoms with Crippen LogP contribution in [0.25, 0.3) is 22.7 Å². The second-order valence-electron chi connectivity index (χ2n) is 4.56. The summed E-state index contributed by atoms with van der Waals surface area (Å²) in [7, 11) is 0. The molecule has 3 heteroatoms. The van der Waals surface area contributed by atoms with Crippen LogP contribution in [0.5, 0.6) is 0 Å². The van der Waals surface area contributed by atoms with Crippen molar-refractivity contribution in [1.82, 2.24) is 9.97 Å². The van der Waals surface area contributed by atoms with Crippen molar-refractivity contribution < 1.29 is 0 Å². The number of nitriles is 1. The van der Waals surface area contributed by atoms with Gasteiger partial charge in [-0.05, 0) is 23.8 Å². The van der Waals surface area contributed by atoms with Crippen LogP contribution in [-0.2, 0) is 0 Å². The van der Waals surface area contributed by atoms with Gasteiger partial charge in [-0.2, -0.15) is 5.26 Å². The second kappa shape index (κ2) is 5.89. The van der Waals surface area contributed by atoms with Crippen LogP contribution in [0.1, 0.15) is 11.4 Å². The third kappa shape index (κ3) is 2.90. The lowest BCUT2D eigenvalue weighted by Crippen LogP contribution is -1.83. The molecule has 1 heterocycles. The van der Waals surface area contributed by atoms with E-state index in [-0.39, 0.29) is 0 Å². The van der Waals surface area contributed by atoms with E-state index in [0.717, 1.165) is 16.6 Å². The van der Waals surface area contributed by atoms with Crippen molar-refractivity contribution in [3.8, 4) is 6.07 Å². The number of fused-ring (bicyclic) bond motifs is 1. The largest absolute Gasteiger partial charge is 0.337 e. The fourth-order valence-corrected chi connectivity index (χ4v) is 2.07. The molecule has 1 N–H and O–H groups in total. The molecule has 0 radical (unpaired) electrons. The van der Waals surface area contributed by atoms with Gasteiger partial charge in [-0.25, -0.2) is 4.98 Å². The first-order valence-electron chi connectivity index (χ1n) is 6.65. The van der Waals surface area contributed by atoms with Crippen LogP contribution < -0.4 is 0 Å². The van der Waals surface area contributed by atoms with E-state index in [0.29, 0.717) is 11.4 Å². The molecule has 3 nitrogen and oxygen atoms in total. The molecule has 100 valence electrons. The molecule has 0 aliphatic heterocycles. The van der Waals surface area contributed by atoms with Gasteiger partial charge in [0.2, 0.25) is 0 Å². The molecule has 0 saturated carbocycles. The molecule has 0 fully saturated rings. The Hall–Kier alpha value is -3.12. The van der Waals surface area contributed by atoms with Gasteiger partial charge in [0.05, 0.1) is 16.6 Å². The Morgan fingerprint density at radius 1 is 1.05 bits per heavy atom. The van der Waals surface area contributed by atoms with Crippen molar-refractivity contribution in [2.45, 2.75) is 0 Å². The number of nitrogens with one attached hydrogen (secondary N) is 1. The molecule has 3 rings (SSSR count). The summed E-state index contributed by atoms with van der Waals surface area (Å²) in [6.07, 6.45) is 5.59. The van der Waals surface area contributed by atoms with E-state index in [1.54, 1.807) is 6.08 Å². The number of para-hydroxylation sites is 2. The second-order valence-corrected chi connectivity index (χ2v) is 4.56. The van der Waals surface area contributed by atoms with Gasteiger partial charge in [-0.1, -0.05) is 54.6 Å². The van der Waals surface area contributed by atoms with Crippen LogP contribution in [0.15, 0.2) is 66.7 Å². The smallest absolute Gasteiger partial charge is 0.149 e. The maximum Gasteiger partial charge on any atom is 0.149 e. The van der Waals surface area contributed by atoms with Gasteiger partial charge < -0.3 is 4.98 Å². The quantitative estimate of drug-likeness (QED) is 0.573. The van der Waals surface area contributed by atoms with Crippen LogP contribution in [-0.4, -0.2) is 9.97 Å². The molecule has 3 aromatic rings. The van der Waals surface area contributed by atoms with Gasteiger partial charge in [0, 0.05) is 0 Å². The van der Waals surface area contributed by atoms with E-state index in [1.807, 2.05) is 66.7 Å². The highest BCUT2D eigenvalue weighted by Crippen LogP contribution is 2.16. The van der Waals surface area contributed by atoms with Gasteiger partial charge in [-0.3, -0.25) is 0 Å². The number of hydrogen-bond donors (Lipinski definition) is 1. The van der Waals surface area contributed by atoms with Gasteiger partial charge in [0.25, 0.3) is 0 Å². The molecule has 2 aromatic carbocycles. The predicted molar refractivity (Wildman–Crippen MR) is 85.2 cm³/mol. The minimum absolute atomic E-state index is 0.512. The molecule has 0 aliphatic rings. The molecule has 0 aliphatic carbocycles. The monoisotopic (exact) mass is 271 g/mol. The number of H-pyrrole nitrogens is 1. The van der Waals surface area contributed by atoms with E-state index < -0.39 is 0 Å². The summed E-state index contributed by atoms with van der Waals surface area (Å²) >= 11 is 0. The SMILES string of the molecule is N#C/C(=C\C=Cc1ccccc1)c1nc2ccccc2[nH]1. The Balaban J connectivity index is 1.89. The van der Waals surface area contributed by atoms with E-state index >= 15 is 0 Å². The van der Waals surface area contributed by atoms with Crippen LogP contribution in [0.4, 0.5) is 0 Å². The highest BCUT2D eigenvalue weighted by Gasteiger charge is 2.05. The summed E-state index contributed by atoms with van der Waals surface area (Å²) in [5.74, 6) is 0.594. The van der Waals surface area contributed by atoms with Crippen LogP contribution in [0, 0.1) is 11.3 Å². The molecule has 0 spiro atoms. The number of aromatic amines is 1. The molecule has 21 heavy (non-hydrogen) atoms. The topological polar surface area (TPSA) is 52.5 Å². The highest BCUT2D eigenvalue weighted by atomic mass is 14.9. The highest BCUT2D eigenvalue weighted by molar-refractivity contribution is 5.82. The Labute approximate surface area is 122 Å². The van der Waals surface area contributed by atoms with Crippen LogP contribution in [0.3, 0.4) is 0 Å². The number of benzene rings is 2. The Morgan fingerprint density at radius 2 is 1.81 bits per heavy atom. The standard InChI is InChI=1S/C18H13N3/c19-13-15(10-6-9-14-7-2-1-3-8-14)18-20-16-11-4-5-12-17(16)21-18/h1-12H,(H,20,21)/b9-6?,15-10+. The summed E-state index contributed by atoms with van der Waals surface area (Å²) in [5.41, 5.74) is 3.40. The number of imidazole rings is 1. The molecule has 1 aromatic heterocycles. The summed E-state index contributed by atoms with van der Waals surface area (Å²) in [6, 6.07) is 19.9. The summed E-state index contributed by atoms with van der Waals surface area (Å²) < 4.78 is 0. The number of hydrogen-bond acceptors (Lipinski definition) is 2. The maximum absolute atomic E-state index is 9.29. The lowest BCUT2D eigenvalue weighted by atomic mass is 10.2. The van der Waals surface area contributed by atoms with Crippen LogP contribution in [0.2, 0.25) is 0 Å². The molecule has 0 unspecified atom stereocenters. The first-order chi connectivity index (χ1) is 10.4. The average molecular weight is 271 g/mol. The van der Waals surface area contributed by atoms with Crippen molar-refractivity contribution >= 4 is 22.7 Å². The lowest BCUT2D eigenvalue weighted by Gasteiger charge is -1.91. The molecule has 0 atom stereocenters. The van der Waals surface area contributed by atoms with Crippen molar-refractivity contribution in [1.29, 1.82) is 5.26 Å². The number of allylic oxidation sites excluding steroid dienone is 3. The zero-order chi connectivity index (χ0) is 14.5. The number of aromatic nitrogens is 2. The fourth-order valence-electron chi connectivity index (χ4n) is 2.07. The van der Waals surface area contributed by atoms with E-state index in [9.17, 15) is 5.26 Å². The van der Waals surface area contributed by atoms with Crippen molar-refractivity contribution in [3.05, 3.63) is 78.1 Å². The van der Waals surface area contributed by atoms with E-state index in [4.69, 9.17) is 0 Å². The third-order valence-corrected chi connectivity index (χ3v) is 3.12. The molecule has 0 amide bonds. The average Bonchev–Trinajstić information content (AvgIpc) is 2.96. The van der Waals surface area contributed by atoms with Gasteiger partial charge >= 0.3 is 0 Å². The number of rotatable bonds is 3.